The van der Waals surface area contributed by atoms with Crippen LogP contribution in [0.2, 0.25) is 0 Å². The van der Waals surface area contributed by atoms with Crippen molar-refractivity contribution >= 4 is 17.1 Å². The lowest BCUT2D eigenvalue weighted by atomic mass is 10.3. The van der Waals surface area contributed by atoms with Gasteiger partial charge in [-0.15, -0.1) is 11.3 Å². The van der Waals surface area contributed by atoms with Crippen LogP contribution in [0.5, 0.6) is 0 Å². The number of ketones is 1. The first kappa shape index (κ1) is 8.31. The molecule has 0 saturated heterocycles. The van der Waals surface area contributed by atoms with E-state index in [9.17, 15) is 4.79 Å². The highest BCUT2D eigenvalue weighted by Gasteiger charge is 2.11. The standard InChI is InChI=1S/C9H10N2OS/c12-8(9-2-1-5-13-9)6-11-4-3-10-7-11/h1-5,10H,6-7H2. The third-order valence-corrected chi connectivity index (χ3v) is 2.75. The summed E-state index contributed by atoms with van der Waals surface area (Å²) in [6.07, 6.45) is 3.74. The van der Waals surface area contributed by atoms with Crippen molar-refractivity contribution in [2.24, 2.45) is 0 Å². The molecule has 4 heteroatoms. The molecule has 68 valence electrons. The van der Waals surface area contributed by atoms with E-state index in [-0.39, 0.29) is 5.78 Å². The fourth-order valence-corrected chi connectivity index (χ4v) is 1.85. The van der Waals surface area contributed by atoms with Gasteiger partial charge in [-0.3, -0.25) is 4.79 Å². The Morgan fingerprint density at radius 1 is 1.69 bits per heavy atom. The molecule has 0 amide bonds. The van der Waals surface area contributed by atoms with Crippen molar-refractivity contribution in [3.05, 3.63) is 34.8 Å². The number of hydrogen-bond donors (Lipinski definition) is 1. The Morgan fingerprint density at radius 2 is 2.62 bits per heavy atom. The number of nitrogens with one attached hydrogen (secondary N) is 1. The molecule has 1 aromatic rings. The number of rotatable bonds is 3. The molecule has 1 aliphatic rings. The molecule has 0 bridgehead atoms. The van der Waals surface area contributed by atoms with E-state index >= 15 is 0 Å². The maximum atomic E-state index is 11.6. The molecule has 0 spiro atoms. The van der Waals surface area contributed by atoms with Crippen molar-refractivity contribution in [3.63, 3.8) is 0 Å². The SMILES string of the molecule is O=C(CN1C=CNC1)c1cccs1. The molecular formula is C9H10N2OS. The zero-order valence-corrected chi connectivity index (χ0v) is 7.88. The summed E-state index contributed by atoms with van der Waals surface area (Å²) in [5.41, 5.74) is 0. The first-order valence-corrected chi connectivity index (χ1v) is 4.95. The zero-order chi connectivity index (χ0) is 9.10. The second-order valence-electron chi connectivity index (χ2n) is 2.83. The van der Waals surface area contributed by atoms with Crippen molar-refractivity contribution in [1.29, 1.82) is 0 Å². The maximum absolute atomic E-state index is 11.6. The lowest BCUT2D eigenvalue weighted by molar-refractivity contribution is 0.0961. The van der Waals surface area contributed by atoms with E-state index in [2.05, 4.69) is 5.32 Å². The Morgan fingerprint density at radius 3 is 3.23 bits per heavy atom. The Hall–Kier alpha value is -1.29. The van der Waals surface area contributed by atoms with Crippen LogP contribution in [-0.4, -0.2) is 23.9 Å². The van der Waals surface area contributed by atoms with Crippen LogP contribution in [0.15, 0.2) is 29.9 Å². The van der Waals surface area contributed by atoms with E-state index in [1.54, 1.807) is 0 Å². The molecular weight excluding hydrogens is 184 g/mol. The second-order valence-corrected chi connectivity index (χ2v) is 3.77. The molecule has 0 atom stereocenters. The van der Waals surface area contributed by atoms with Gasteiger partial charge in [-0.2, -0.15) is 0 Å². The fraction of sp³-hybridized carbons (Fsp3) is 0.222. The number of thiophene rings is 1. The number of carbonyl (C=O) groups is 1. The zero-order valence-electron chi connectivity index (χ0n) is 7.06. The van der Waals surface area contributed by atoms with E-state index in [4.69, 9.17) is 0 Å². The van der Waals surface area contributed by atoms with Gasteiger partial charge in [-0.05, 0) is 11.4 Å². The van der Waals surface area contributed by atoms with Crippen molar-refractivity contribution in [1.82, 2.24) is 10.2 Å². The maximum Gasteiger partial charge on any atom is 0.192 e. The number of hydrogen-bond acceptors (Lipinski definition) is 4. The van der Waals surface area contributed by atoms with Gasteiger partial charge in [0.25, 0.3) is 0 Å². The van der Waals surface area contributed by atoms with Crippen LogP contribution in [0.4, 0.5) is 0 Å². The van der Waals surface area contributed by atoms with Crippen LogP contribution in [0, 0.1) is 0 Å². The van der Waals surface area contributed by atoms with Gasteiger partial charge < -0.3 is 10.2 Å². The lowest BCUT2D eigenvalue weighted by Crippen LogP contribution is -2.26. The van der Waals surface area contributed by atoms with Crippen molar-refractivity contribution in [2.75, 3.05) is 13.2 Å². The molecule has 1 aliphatic heterocycles. The molecule has 0 aliphatic carbocycles. The summed E-state index contributed by atoms with van der Waals surface area (Å²) < 4.78 is 0. The van der Waals surface area contributed by atoms with Gasteiger partial charge in [0.2, 0.25) is 0 Å². The largest absolute Gasteiger partial charge is 0.373 e. The van der Waals surface area contributed by atoms with Crippen molar-refractivity contribution in [2.45, 2.75) is 0 Å². The van der Waals surface area contributed by atoms with Gasteiger partial charge >= 0.3 is 0 Å². The second kappa shape index (κ2) is 3.62. The minimum absolute atomic E-state index is 0.184. The quantitative estimate of drug-likeness (QED) is 0.735. The summed E-state index contributed by atoms with van der Waals surface area (Å²) in [6.45, 7) is 1.20. The number of Topliss-reactive ketones (excluding diaryl/α,β-unsaturated/α-hetero) is 1. The molecule has 2 heterocycles. The topological polar surface area (TPSA) is 32.3 Å². The van der Waals surface area contributed by atoms with Gasteiger partial charge in [0, 0.05) is 12.4 Å². The molecule has 1 N–H and O–H groups in total. The molecule has 0 saturated carbocycles. The summed E-state index contributed by atoms with van der Waals surface area (Å²) in [7, 11) is 0. The van der Waals surface area contributed by atoms with E-state index in [0.717, 1.165) is 11.5 Å². The predicted molar refractivity (Wildman–Crippen MR) is 52.5 cm³/mol. The Kier molecular flexibility index (Phi) is 2.31. The van der Waals surface area contributed by atoms with Crippen LogP contribution in [-0.2, 0) is 0 Å². The summed E-state index contributed by atoms with van der Waals surface area (Å²) in [4.78, 5) is 14.3. The van der Waals surface area contributed by atoms with Gasteiger partial charge in [0.15, 0.2) is 5.78 Å². The average Bonchev–Trinajstić information content (AvgIpc) is 2.74. The molecule has 0 aromatic carbocycles. The summed E-state index contributed by atoms with van der Waals surface area (Å²) in [6, 6.07) is 3.76. The van der Waals surface area contributed by atoms with Gasteiger partial charge in [-0.25, -0.2) is 0 Å². The normalized spacial score (nSPS) is 14.6. The molecule has 13 heavy (non-hydrogen) atoms. The third-order valence-electron chi connectivity index (χ3n) is 1.84. The highest BCUT2D eigenvalue weighted by molar-refractivity contribution is 7.12. The van der Waals surface area contributed by atoms with Crippen LogP contribution < -0.4 is 5.32 Å². The summed E-state index contributed by atoms with van der Waals surface area (Å²) in [5.74, 6) is 0.184. The monoisotopic (exact) mass is 194 g/mol. The van der Waals surface area contributed by atoms with E-state index < -0.39 is 0 Å². The summed E-state index contributed by atoms with van der Waals surface area (Å²) in [5, 5.41) is 4.94. The Bertz CT molecular complexity index is 318. The first-order valence-electron chi connectivity index (χ1n) is 4.07. The van der Waals surface area contributed by atoms with Crippen LogP contribution in [0.3, 0.4) is 0 Å². The Labute approximate surface area is 80.7 Å². The highest BCUT2D eigenvalue weighted by atomic mass is 32.1. The lowest BCUT2D eigenvalue weighted by Gasteiger charge is -2.12. The predicted octanol–water partition coefficient (Wildman–Crippen LogP) is 1.26. The molecule has 0 fully saturated rings. The van der Waals surface area contributed by atoms with Gasteiger partial charge in [-0.1, -0.05) is 6.07 Å². The molecule has 0 radical (unpaired) electrons. The minimum Gasteiger partial charge on any atom is -0.373 e. The van der Waals surface area contributed by atoms with Gasteiger partial charge in [0.05, 0.1) is 18.1 Å². The van der Waals surface area contributed by atoms with E-state index in [1.165, 1.54) is 11.3 Å². The van der Waals surface area contributed by atoms with E-state index in [1.807, 2.05) is 34.8 Å². The van der Waals surface area contributed by atoms with E-state index in [0.29, 0.717) is 6.54 Å². The highest BCUT2D eigenvalue weighted by Crippen LogP contribution is 2.10. The van der Waals surface area contributed by atoms with Crippen LogP contribution in [0.1, 0.15) is 9.67 Å². The van der Waals surface area contributed by atoms with Crippen LogP contribution >= 0.6 is 11.3 Å². The summed E-state index contributed by atoms with van der Waals surface area (Å²) >= 11 is 1.49. The molecule has 0 unspecified atom stereocenters. The average molecular weight is 194 g/mol. The molecule has 3 nitrogen and oxygen atoms in total. The van der Waals surface area contributed by atoms with Gasteiger partial charge in [0.1, 0.15) is 0 Å². The number of carbonyl (C=O) groups excluding carboxylic acids is 1. The van der Waals surface area contributed by atoms with Crippen molar-refractivity contribution < 1.29 is 4.79 Å². The fourth-order valence-electron chi connectivity index (χ4n) is 1.19. The smallest absolute Gasteiger partial charge is 0.192 e. The number of nitrogens with zero attached hydrogens (tertiary/aromatic N) is 1. The first-order chi connectivity index (χ1) is 6.36. The van der Waals surface area contributed by atoms with Crippen LogP contribution in [0.25, 0.3) is 0 Å². The Balaban J connectivity index is 1.95. The minimum atomic E-state index is 0.184. The van der Waals surface area contributed by atoms with Crippen molar-refractivity contribution in [3.8, 4) is 0 Å². The molecule has 1 aromatic heterocycles. The third kappa shape index (κ3) is 1.89. The molecule has 2 rings (SSSR count).